The van der Waals surface area contributed by atoms with Crippen molar-refractivity contribution in [3.63, 3.8) is 0 Å². The predicted molar refractivity (Wildman–Crippen MR) is 83.3 cm³/mol. The van der Waals surface area contributed by atoms with Crippen LogP contribution in [0.4, 0.5) is 11.5 Å². The van der Waals surface area contributed by atoms with E-state index in [1.165, 1.54) is 12.8 Å². The molecule has 0 saturated carbocycles. The molecule has 2 heterocycles. The van der Waals surface area contributed by atoms with Crippen LogP contribution in [0.15, 0.2) is 18.3 Å². The number of hydrogen-bond acceptors (Lipinski definition) is 5. The molecule has 20 heavy (non-hydrogen) atoms. The van der Waals surface area contributed by atoms with Gasteiger partial charge in [0.1, 0.15) is 0 Å². The summed E-state index contributed by atoms with van der Waals surface area (Å²) in [4.78, 5) is 6.91. The molecule has 0 spiro atoms. The molecule has 1 aliphatic heterocycles. The molecule has 0 aliphatic carbocycles. The van der Waals surface area contributed by atoms with Gasteiger partial charge < -0.3 is 20.7 Å². The summed E-state index contributed by atoms with van der Waals surface area (Å²) in [5.74, 6) is 1.07. The Morgan fingerprint density at radius 2 is 2.25 bits per heavy atom. The van der Waals surface area contributed by atoms with Crippen LogP contribution in [0.3, 0.4) is 0 Å². The van der Waals surface area contributed by atoms with Gasteiger partial charge in [0.2, 0.25) is 0 Å². The Bertz CT molecular complexity index is 393. The summed E-state index contributed by atoms with van der Waals surface area (Å²) < 4.78 is 5.30. The molecular weight excluding hydrogens is 252 g/mol. The quantitative estimate of drug-likeness (QED) is 0.760. The van der Waals surface area contributed by atoms with E-state index in [-0.39, 0.29) is 6.04 Å². The number of pyridine rings is 1. The van der Waals surface area contributed by atoms with Gasteiger partial charge in [-0.25, -0.2) is 4.98 Å². The Morgan fingerprint density at radius 1 is 1.45 bits per heavy atom. The van der Waals surface area contributed by atoms with E-state index in [1.54, 1.807) is 7.11 Å². The third kappa shape index (κ3) is 4.08. The number of rotatable bonds is 8. The summed E-state index contributed by atoms with van der Waals surface area (Å²) in [5, 5.41) is 3.58. The highest BCUT2D eigenvalue weighted by Crippen LogP contribution is 2.27. The van der Waals surface area contributed by atoms with Crippen LogP contribution < -0.4 is 16.0 Å². The van der Waals surface area contributed by atoms with E-state index in [1.807, 2.05) is 12.3 Å². The van der Waals surface area contributed by atoms with Gasteiger partial charge in [-0.15, -0.1) is 0 Å². The maximum absolute atomic E-state index is 5.61. The van der Waals surface area contributed by atoms with Crippen molar-refractivity contribution in [2.45, 2.75) is 31.7 Å². The first-order valence-electron chi connectivity index (χ1n) is 7.50. The van der Waals surface area contributed by atoms with Crippen molar-refractivity contribution in [3.8, 4) is 0 Å². The fraction of sp³-hybridized carbons (Fsp3) is 0.667. The van der Waals surface area contributed by atoms with E-state index in [9.17, 15) is 0 Å². The third-order valence-electron chi connectivity index (χ3n) is 3.68. The van der Waals surface area contributed by atoms with Crippen molar-refractivity contribution in [3.05, 3.63) is 18.3 Å². The smallest absolute Gasteiger partial charge is 0.151 e. The van der Waals surface area contributed by atoms with Crippen LogP contribution >= 0.6 is 0 Å². The third-order valence-corrected chi connectivity index (χ3v) is 3.68. The van der Waals surface area contributed by atoms with Crippen molar-refractivity contribution < 1.29 is 4.74 Å². The number of nitrogens with two attached hydrogens (primary N) is 1. The van der Waals surface area contributed by atoms with Crippen molar-refractivity contribution in [1.82, 2.24) is 4.98 Å². The highest BCUT2D eigenvalue weighted by Gasteiger charge is 2.18. The summed E-state index contributed by atoms with van der Waals surface area (Å²) in [6, 6.07) is 4.37. The first kappa shape index (κ1) is 15.1. The van der Waals surface area contributed by atoms with Crippen LogP contribution in [0.1, 0.15) is 25.7 Å². The maximum Gasteiger partial charge on any atom is 0.151 e. The van der Waals surface area contributed by atoms with Gasteiger partial charge in [0.05, 0.1) is 12.3 Å². The fourth-order valence-electron chi connectivity index (χ4n) is 2.67. The van der Waals surface area contributed by atoms with Crippen LogP contribution in [0.25, 0.3) is 0 Å². The molecule has 1 saturated heterocycles. The standard InChI is InChI=1S/C15H26N4O/c1-20-12-13(6-4-8-16)18-14-7-5-9-17-15(14)19-10-2-3-11-19/h5,7,9,13,18H,2-4,6,8,10-12,16H2,1H3. The predicted octanol–water partition coefficient (Wildman–Crippen LogP) is 1.85. The summed E-state index contributed by atoms with van der Waals surface area (Å²) in [7, 11) is 1.74. The van der Waals surface area contributed by atoms with Gasteiger partial charge in [0.15, 0.2) is 5.82 Å². The second-order valence-corrected chi connectivity index (χ2v) is 5.30. The number of nitrogens with zero attached hydrogens (tertiary/aromatic N) is 2. The van der Waals surface area contributed by atoms with Gasteiger partial charge in [-0.05, 0) is 44.4 Å². The van der Waals surface area contributed by atoms with E-state index in [0.29, 0.717) is 13.2 Å². The van der Waals surface area contributed by atoms with Gasteiger partial charge in [-0.1, -0.05) is 0 Å². The van der Waals surface area contributed by atoms with Crippen molar-refractivity contribution in [2.75, 3.05) is 43.6 Å². The Hall–Kier alpha value is -1.33. The second kappa shape index (κ2) is 8.07. The molecule has 0 amide bonds. The Kier molecular flexibility index (Phi) is 6.08. The molecule has 1 aliphatic rings. The van der Waals surface area contributed by atoms with Crippen LogP contribution in [-0.4, -0.2) is 44.4 Å². The highest BCUT2D eigenvalue weighted by atomic mass is 16.5. The molecule has 1 unspecified atom stereocenters. The minimum Gasteiger partial charge on any atom is -0.383 e. The van der Waals surface area contributed by atoms with Gasteiger partial charge in [0, 0.05) is 32.4 Å². The number of aromatic nitrogens is 1. The monoisotopic (exact) mass is 278 g/mol. The van der Waals surface area contributed by atoms with Crippen LogP contribution in [-0.2, 0) is 4.74 Å². The lowest BCUT2D eigenvalue weighted by atomic mass is 10.1. The first-order valence-corrected chi connectivity index (χ1v) is 7.50. The molecule has 3 N–H and O–H groups in total. The van der Waals surface area contributed by atoms with Gasteiger partial charge in [0.25, 0.3) is 0 Å². The normalized spacial score (nSPS) is 16.4. The average molecular weight is 278 g/mol. The molecule has 5 heteroatoms. The number of ether oxygens (including phenoxy) is 1. The molecule has 1 fully saturated rings. The summed E-state index contributed by atoms with van der Waals surface area (Å²) in [6.45, 7) is 3.61. The maximum atomic E-state index is 5.61. The minimum atomic E-state index is 0.286. The number of anilines is 2. The Labute approximate surface area is 121 Å². The fourth-order valence-corrected chi connectivity index (χ4v) is 2.67. The molecule has 112 valence electrons. The zero-order valence-electron chi connectivity index (χ0n) is 12.3. The first-order chi connectivity index (χ1) is 9.85. The highest BCUT2D eigenvalue weighted by molar-refractivity contribution is 5.66. The molecule has 1 aromatic rings. The lowest BCUT2D eigenvalue weighted by Gasteiger charge is -2.24. The van der Waals surface area contributed by atoms with E-state index in [4.69, 9.17) is 10.5 Å². The Morgan fingerprint density at radius 3 is 2.95 bits per heavy atom. The summed E-state index contributed by atoms with van der Waals surface area (Å²) in [6.07, 6.45) is 6.39. The van der Waals surface area contributed by atoms with Gasteiger partial charge in [-0.2, -0.15) is 0 Å². The van der Waals surface area contributed by atoms with Gasteiger partial charge >= 0.3 is 0 Å². The molecule has 0 radical (unpaired) electrons. The second-order valence-electron chi connectivity index (χ2n) is 5.30. The zero-order valence-corrected chi connectivity index (χ0v) is 12.3. The number of nitrogens with one attached hydrogen (secondary N) is 1. The lowest BCUT2D eigenvalue weighted by molar-refractivity contribution is 0.182. The van der Waals surface area contributed by atoms with Crippen LogP contribution in [0.2, 0.25) is 0 Å². The minimum absolute atomic E-state index is 0.286. The molecule has 2 rings (SSSR count). The van der Waals surface area contributed by atoms with Gasteiger partial charge in [-0.3, -0.25) is 0 Å². The molecule has 0 bridgehead atoms. The zero-order chi connectivity index (χ0) is 14.2. The number of hydrogen-bond donors (Lipinski definition) is 2. The molecule has 0 aromatic carbocycles. The topological polar surface area (TPSA) is 63.4 Å². The summed E-state index contributed by atoms with van der Waals surface area (Å²) >= 11 is 0. The van der Waals surface area contributed by atoms with E-state index in [2.05, 4.69) is 21.3 Å². The van der Waals surface area contributed by atoms with Crippen molar-refractivity contribution >= 4 is 11.5 Å². The van der Waals surface area contributed by atoms with Crippen LogP contribution in [0, 0.1) is 0 Å². The van der Waals surface area contributed by atoms with Crippen molar-refractivity contribution in [2.24, 2.45) is 5.73 Å². The van der Waals surface area contributed by atoms with Crippen molar-refractivity contribution in [1.29, 1.82) is 0 Å². The van der Waals surface area contributed by atoms with E-state index >= 15 is 0 Å². The van der Waals surface area contributed by atoms with E-state index in [0.717, 1.165) is 37.4 Å². The molecular formula is C15H26N4O. The SMILES string of the molecule is COCC(CCCN)Nc1cccnc1N1CCCC1. The number of methoxy groups -OCH3 is 1. The molecule has 5 nitrogen and oxygen atoms in total. The van der Waals surface area contributed by atoms with Crippen LogP contribution in [0.5, 0.6) is 0 Å². The Balaban J connectivity index is 2.05. The summed E-state index contributed by atoms with van der Waals surface area (Å²) in [5.41, 5.74) is 6.71. The molecule has 1 aromatic heterocycles. The van der Waals surface area contributed by atoms with E-state index < -0.39 is 0 Å². The molecule has 1 atom stereocenters. The lowest BCUT2D eigenvalue weighted by Crippen LogP contribution is -2.28. The largest absolute Gasteiger partial charge is 0.383 e. The average Bonchev–Trinajstić information content (AvgIpc) is 2.99.